The van der Waals surface area contributed by atoms with E-state index in [1.54, 1.807) is 12.3 Å². The second-order valence-electron chi connectivity index (χ2n) is 4.95. The number of likely N-dealkylation sites (tertiary alicyclic amines) is 1. The quantitative estimate of drug-likeness (QED) is 0.838. The van der Waals surface area contributed by atoms with Crippen LogP contribution in [0.1, 0.15) is 32.4 Å². The van der Waals surface area contributed by atoms with Gasteiger partial charge in [0.2, 0.25) is 5.91 Å². The third-order valence-corrected chi connectivity index (χ3v) is 3.45. The predicted molar refractivity (Wildman–Crippen MR) is 72.6 cm³/mol. The average molecular weight is 261 g/mol. The molecule has 1 aliphatic rings. The first-order valence-electron chi connectivity index (χ1n) is 6.58. The number of hydrogen-bond donors (Lipinski definition) is 1. The molecule has 0 spiro atoms. The number of carbonyl (C=O) groups excluding carboxylic acids is 2. The van der Waals surface area contributed by atoms with Gasteiger partial charge in [0.1, 0.15) is 6.04 Å². The Labute approximate surface area is 113 Å². The molecule has 2 rings (SSSR count). The third kappa shape index (κ3) is 2.75. The fourth-order valence-corrected chi connectivity index (χ4v) is 2.25. The van der Waals surface area contributed by atoms with Crippen LogP contribution < -0.4 is 5.32 Å². The van der Waals surface area contributed by atoms with Crippen LogP contribution in [-0.2, 0) is 9.59 Å². The van der Waals surface area contributed by atoms with Crippen LogP contribution in [-0.4, -0.2) is 33.8 Å². The lowest BCUT2D eigenvalue weighted by Gasteiger charge is -2.21. The van der Waals surface area contributed by atoms with Gasteiger partial charge in [-0.1, -0.05) is 6.92 Å². The minimum absolute atomic E-state index is 0.0361. The van der Waals surface area contributed by atoms with Crippen LogP contribution >= 0.6 is 0 Å². The summed E-state index contributed by atoms with van der Waals surface area (Å²) in [6, 6.07) is 3.18. The first-order chi connectivity index (χ1) is 9.02. The Morgan fingerprint density at radius 2 is 2.26 bits per heavy atom. The lowest BCUT2D eigenvalue weighted by Crippen LogP contribution is -2.40. The van der Waals surface area contributed by atoms with Gasteiger partial charge >= 0.3 is 0 Å². The Balaban J connectivity index is 2.11. The minimum atomic E-state index is -0.455. The maximum Gasteiger partial charge on any atom is 0.252 e. The van der Waals surface area contributed by atoms with E-state index >= 15 is 0 Å². The maximum atomic E-state index is 12.2. The lowest BCUT2D eigenvalue weighted by atomic mass is 10.2. The predicted octanol–water partition coefficient (Wildman–Crippen LogP) is 1.73. The molecule has 1 aromatic rings. The smallest absolute Gasteiger partial charge is 0.252 e. The van der Waals surface area contributed by atoms with E-state index in [0.717, 1.165) is 17.8 Å². The molecule has 5 heteroatoms. The highest BCUT2D eigenvalue weighted by atomic mass is 16.2. The first kappa shape index (κ1) is 13.5. The molecule has 0 aliphatic carbocycles. The van der Waals surface area contributed by atoms with E-state index in [9.17, 15) is 9.59 Å². The summed E-state index contributed by atoms with van der Waals surface area (Å²) in [5.74, 6) is -0.226. The van der Waals surface area contributed by atoms with Crippen molar-refractivity contribution < 1.29 is 9.59 Å². The molecule has 1 saturated heterocycles. The summed E-state index contributed by atoms with van der Waals surface area (Å²) >= 11 is 0. The molecule has 2 unspecified atom stereocenters. The Morgan fingerprint density at radius 3 is 2.89 bits per heavy atom. The van der Waals surface area contributed by atoms with Gasteiger partial charge in [-0.25, -0.2) is 0 Å². The van der Waals surface area contributed by atoms with E-state index in [0.29, 0.717) is 0 Å². The van der Waals surface area contributed by atoms with Gasteiger partial charge in [0, 0.05) is 23.6 Å². The molecule has 5 nitrogen and oxygen atoms in total. The van der Waals surface area contributed by atoms with Gasteiger partial charge < -0.3 is 5.32 Å². The van der Waals surface area contributed by atoms with E-state index in [-0.39, 0.29) is 24.3 Å². The monoisotopic (exact) mass is 261 g/mol. The van der Waals surface area contributed by atoms with Crippen LogP contribution in [0.3, 0.4) is 0 Å². The van der Waals surface area contributed by atoms with Crippen molar-refractivity contribution in [1.82, 2.24) is 9.88 Å². The molecule has 0 bridgehead atoms. The van der Waals surface area contributed by atoms with Crippen LogP contribution in [0.4, 0.5) is 5.69 Å². The summed E-state index contributed by atoms with van der Waals surface area (Å²) in [7, 11) is 0. The molecule has 1 fully saturated rings. The average Bonchev–Trinajstić information content (AvgIpc) is 2.64. The molecule has 1 aliphatic heterocycles. The van der Waals surface area contributed by atoms with Crippen LogP contribution in [0.5, 0.6) is 0 Å². The van der Waals surface area contributed by atoms with Gasteiger partial charge in [-0.3, -0.25) is 19.5 Å². The molecular formula is C14H19N3O2. The number of pyridine rings is 1. The molecule has 0 radical (unpaired) electrons. The number of nitrogens with zero attached hydrogens (tertiary/aromatic N) is 2. The molecule has 102 valence electrons. The summed E-state index contributed by atoms with van der Waals surface area (Å²) in [6.07, 6.45) is 2.69. The van der Waals surface area contributed by atoms with Crippen molar-refractivity contribution in [1.29, 1.82) is 0 Å². The van der Waals surface area contributed by atoms with Crippen LogP contribution in [0.15, 0.2) is 18.3 Å². The zero-order valence-electron chi connectivity index (χ0n) is 11.5. The van der Waals surface area contributed by atoms with Gasteiger partial charge in [-0.2, -0.15) is 0 Å². The Hall–Kier alpha value is -1.91. The molecular weight excluding hydrogens is 242 g/mol. The number of amides is 2. The summed E-state index contributed by atoms with van der Waals surface area (Å²) in [6.45, 7) is 5.76. The van der Waals surface area contributed by atoms with Crippen LogP contribution in [0.25, 0.3) is 0 Å². The van der Waals surface area contributed by atoms with Crippen molar-refractivity contribution in [3.63, 3.8) is 0 Å². The molecule has 2 atom stereocenters. The lowest BCUT2D eigenvalue weighted by molar-refractivity contribution is -0.140. The Morgan fingerprint density at radius 1 is 1.53 bits per heavy atom. The normalized spacial score (nSPS) is 20.8. The number of aromatic nitrogens is 1. The molecule has 2 amide bonds. The van der Waals surface area contributed by atoms with Gasteiger partial charge in [-0.15, -0.1) is 0 Å². The second-order valence-corrected chi connectivity index (χ2v) is 4.95. The van der Waals surface area contributed by atoms with E-state index in [1.807, 2.05) is 26.8 Å². The molecule has 1 aromatic heterocycles. The zero-order valence-corrected chi connectivity index (χ0v) is 11.5. The molecule has 19 heavy (non-hydrogen) atoms. The molecule has 0 saturated carbocycles. The van der Waals surface area contributed by atoms with Gasteiger partial charge in [-0.05, 0) is 32.4 Å². The zero-order chi connectivity index (χ0) is 14.0. The fraction of sp³-hybridized carbons (Fsp3) is 0.500. The number of nitrogens with one attached hydrogen (secondary N) is 1. The number of hydrogen-bond acceptors (Lipinski definition) is 4. The summed E-state index contributed by atoms with van der Waals surface area (Å²) in [5, 5.41) is 3.12. The van der Waals surface area contributed by atoms with E-state index in [4.69, 9.17) is 0 Å². The summed E-state index contributed by atoms with van der Waals surface area (Å²) < 4.78 is 0. The number of aryl methyl sites for hydroxylation is 1. The number of carbonyl (C=O) groups is 2. The molecule has 1 N–H and O–H groups in total. The number of anilines is 1. The van der Waals surface area contributed by atoms with Crippen molar-refractivity contribution in [2.45, 2.75) is 45.7 Å². The maximum absolute atomic E-state index is 12.2. The van der Waals surface area contributed by atoms with Crippen molar-refractivity contribution in [3.8, 4) is 0 Å². The number of rotatable bonds is 4. The van der Waals surface area contributed by atoms with Crippen molar-refractivity contribution in [3.05, 3.63) is 24.0 Å². The van der Waals surface area contributed by atoms with Crippen LogP contribution in [0.2, 0.25) is 0 Å². The van der Waals surface area contributed by atoms with Gasteiger partial charge in [0.25, 0.3) is 5.91 Å². The van der Waals surface area contributed by atoms with Gasteiger partial charge in [0.05, 0.1) is 6.42 Å². The molecule has 2 heterocycles. The van der Waals surface area contributed by atoms with E-state index < -0.39 is 6.04 Å². The SMILES string of the molecule is CCC(C)N1C(=O)CC(Nc2ccnc(C)c2)C1=O. The Kier molecular flexibility index (Phi) is 3.83. The second kappa shape index (κ2) is 5.38. The van der Waals surface area contributed by atoms with E-state index in [1.165, 1.54) is 4.90 Å². The van der Waals surface area contributed by atoms with Crippen LogP contribution in [0, 0.1) is 6.92 Å². The minimum Gasteiger partial charge on any atom is -0.373 e. The highest BCUT2D eigenvalue weighted by molar-refractivity contribution is 6.07. The van der Waals surface area contributed by atoms with Crippen molar-refractivity contribution >= 4 is 17.5 Å². The summed E-state index contributed by atoms with van der Waals surface area (Å²) in [4.78, 5) is 29.6. The highest BCUT2D eigenvalue weighted by Gasteiger charge is 2.40. The third-order valence-electron chi connectivity index (χ3n) is 3.45. The first-order valence-corrected chi connectivity index (χ1v) is 6.58. The summed E-state index contributed by atoms with van der Waals surface area (Å²) in [5.41, 5.74) is 1.70. The Bertz CT molecular complexity index is 501. The van der Waals surface area contributed by atoms with Gasteiger partial charge in [0.15, 0.2) is 0 Å². The topological polar surface area (TPSA) is 62.3 Å². The number of imide groups is 1. The van der Waals surface area contributed by atoms with Crippen molar-refractivity contribution in [2.24, 2.45) is 0 Å². The highest BCUT2D eigenvalue weighted by Crippen LogP contribution is 2.21. The largest absolute Gasteiger partial charge is 0.373 e. The van der Waals surface area contributed by atoms with Crippen molar-refractivity contribution in [2.75, 3.05) is 5.32 Å². The standard InChI is InChI=1S/C14H19N3O2/c1-4-10(3)17-13(18)8-12(14(17)19)16-11-5-6-15-9(2)7-11/h5-7,10,12H,4,8H2,1-3H3,(H,15,16). The molecule has 0 aromatic carbocycles. The fourth-order valence-electron chi connectivity index (χ4n) is 2.25. The van der Waals surface area contributed by atoms with E-state index in [2.05, 4.69) is 10.3 Å².